The van der Waals surface area contributed by atoms with Gasteiger partial charge in [0.15, 0.2) is 0 Å². The maximum Gasteiger partial charge on any atom is 0.336 e. The molecule has 0 aliphatic rings. The molecule has 28 heavy (non-hydrogen) atoms. The zero-order valence-corrected chi connectivity index (χ0v) is 15.7. The lowest BCUT2D eigenvalue weighted by Crippen LogP contribution is -2.38. The monoisotopic (exact) mass is 384 g/mol. The summed E-state index contributed by atoms with van der Waals surface area (Å²) in [5, 5.41) is 0.938. The zero-order chi connectivity index (χ0) is 19.1. The van der Waals surface area contributed by atoms with E-state index in [4.69, 9.17) is 0 Å². The first-order valence-corrected chi connectivity index (χ1v) is 9.82. The molecule has 5 heteroatoms. The van der Waals surface area contributed by atoms with Crippen LogP contribution in [0.4, 0.5) is 0 Å². The van der Waals surface area contributed by atoms with Gasteiger partial charge in [0.2, 0.25) is 0 Å². The van der Waals surface area contributed by atoms with Crippen LogP contribution in [0.15, 0.2) is 94.5 Å². The van der Waals surface area contributed by atoms with Crippen molar-refractivity contribution in [2.45, 2.75) is 6.54 Å². The molecule has 0 aliphatic carbocycles. The molecule has 0 spiro atoms. The van der Waals surface area contributed by atoms with E-state index in [1.165, 1.54) is 15.9 Å². The van der Waals surface area contributed by atoms with Gasteiger partial charge in [-0.3, -0.25) is 9.36 Å². The van der Waals surface area contributed by atoms with Gasteiger partial charge in [-0.2, -0.15) is 0 Å². The normalized spacial score (nSPS) is 11.3. The molecule has 2 aromatic heterocycles. The van der Waals surface area contributed by atoms with Gasteiger partial charge in [-0.1, -0.05) is 66.7 Å². The Bertz CT molecular complexity index is 1410. The molecule has 3 aromatic carbocycles. The predicted molar refractivity (Wildman–Crippen MR) is 115 cm³/mol. The highest BCUT2D eigenvalue weighted by molar-refractivity contribution is 7.25. The van der Waals surface area contributed by atoms with Crippen LogP contribution in [0.25, 0.3) is 26.0 Å². The fourth-order valence-corrected chi connectivity index (χ4v) is 4.70. The van der Waals surface area contributed by atoms with Crippen LogP contribution in [0, 0.1) is 0 Å². The molecule has 0 radical (unpaired) electrons. The van der Waals surface area contributed by atoms with Crippen LogP contribution >= 0.6 is 11.3 Å². The van der Waals surface area contributed by atoms with Crippen LogP contribution in [0.2, 0.25) is 0 Å². The number of benzene rings is 3. The highest BCUT2D eigenvalue weighted by atomic mass is 32.1. The van der Waals surface area contributed by atoms with E-state index in [2.05, 4.69) is 0 Å². The molecule has 0 amide bonds. The van der Waals surface area contributed by atoms with Crippen LogP contribution in [-0.2, 0) is 6.54 Å². The van der Waals surface area contributed by atoms with E-state index in [0.717, 1.165) is 15.6 Å². The number of hydrogen-bond acceptors (Lipinski definition) is 3. The third-order valence-electron chi connectivity index (χ3n) is 4.86. The van der Waals surface area contributed by atoms with Crippen LogP contribution < -0.4 is 11.2 Å². The molecule has 5 aromatic rings. The lowest BCUT2D eigenvalue weighted by Gasteiger charge is -2.13. The number of hydrogen-bond donors (Lipinski definition) is 0. The summed E-state index contributed by atoms with van der Waals surface area (Å²) in [5.74, 6) is 0. The summed E-state index contributed by atoms with van der Waals surface area (Å²) < 4.78 is 4.60. The Morgan fingerprint density at radius 3 is 2.14 bits per heavy atom. The fraction of sp³-hybridized carbons (Fsp3) is 0.0435. The van der Waals surface area contributed by atoms with Crippen molar-refractivity contribution in [3.8, 4) is 5.69 Å². The molecule has 0 bridgehead atoms. The van der Waals surface area contributed by atoms with Crippen LogP contribution in [0.3, 0.4) is 0 Å². The predicted octanol–water partition coefficient (Wildman–Crippen LogP) is 4.42. The Labute approximate surface area is 164 Å². The van der Waals surface area contributed by atoms with E-state index >= 15 is 0 Å². The largest absolute Gasteiger partial charge is 0.336 e. The highest BCUT2D eigenvalue weighted by Gasteiger charge is 2.19. The summed E-state index contributed by atoms with van der Waals surface area (Å²) in [5.41, 5.74) is 1.72. The first-order valence-electron chi connectivity index (χ1n) is 9.00. The summed E-state index contributed by atoms with van der Waals surface area (Å²) in [6, 6.07) is 26.8. The van der Waals surface area contributed by atoms with Crippen LogP contribution in [-0.4, -0.2) is 9.13 Å². The van der Waals surface area contributed by atoms with Crippen molar-refractivity contribution in [2.24, 2.45) is 0 Å². The minimum Gasteiger partial charge on any atom is -0.287 e. The maximum absolute atomic E-state index is 13.5. The average Bonchev–Trinajstić information content (AvgIpc) is 3.13. The molecular formula is C23H16N2O2S. The molecule has 5 rings (SSSR count). The molecular weight excluding hydrogens is 368 g/mol. The molecule has 4 nitrogen and oxygen atoms in total. The number of thiophene rings is 1. The molecule has 0 N–H and O–H groups in total. The second-order valence-electron chi connectivity index (χ2n) is 6.61. The maximum atomic E-state index is 13.5. The molecule has 0 fully saturated rings. The second kappa shape index (κ2) is 6.62. The zero-order valence-electron chi connectivity index (χ0n) is 14.9. The molecule has 0 saturated carbocycles. The Morgan fingerprint density at radius 2 is 1.39 bits per heavy atom. The Hall–Kier alpha value is -3.44. The molecule has 2 heterocycles. The molecule has 0 atom stereocenters. The van der Waals surface area contributed by atoms with Gasteiger partial charge in [-0.05, 0) is 23.8 Å². The van der Waals surface area contributed by atoms with Gasteiger partial charge in [-0.15, -0.1) is 11.3 Å². The van der Waals surface area contributed by atoms with Gasteiger partial charge in [0.05, 0.1) is 17.7 Å². The van der Waals surface area contributed by atoms with E-state index in [9.17, 15) is 9.59 Å². The first kappa shape index (κ1) is 16.7. The standard InChI is InChI=1S/C23H16N2O2S/c26-22-21-20(18-13-7-8-14-19(18)28-21)24(15-16-9-3-1-4-10-16)23(27)25(22)17-11-5-2-6-12-17/h1-14H,15H2. The van der Waals surface area contributed by atoms with E-state index in [1.54, 1.807) is 16.7 Å². The minimum absolute atomic E-state index is 0.267. The van der Waals surface area contributed by atoms with Crippen molar-refractivity contribution in [3.63, 3.8) is 0 Å². The molecule has 0 saturated heterocycles. The lowest BCUT2D eigenvalue weighted by atomic mass is 10.2. The smallest absolute Gasteiger partial charge is 0.287 e. The molecule has 0 unspecified atom stereocenters. The SMILES string of the molecule is O=c1c2sc3ccccc3c2n(Cc2ccccc2)c(=O)n1-c1ccccc1. The van der Waals surface area contributed by atoms with Crippen LogP contribution in [0.1, 0.15) is 5.56 Å². The Kier molecular flexibility index (Phi) is 3.95. The summed E-state index contributed by atoms with van der Waals surface area (Å²) in [4.78, 5) is 26.8. The summed E-state index contributed by atoms with van der Waals surface area (Å²) >= 11 is 1.44. The van der Waals surface area contributed by atoms with Gasteiger partial charge >= 0.3 is 5.69 Å². The summed E-state index contributed by atoms with van der Waals surface area (Å²) in [6.07, 6.45) is 0. The third-order valence-corrected chi connectivity index (χ3v) is 6.00. The Morgan fingerprint density at radius 1 is 0.750 bits per heavy atom. The van der Waals surface area contributed by atoms with E-state index in [-0.39, 0.29) is 11.2 Å². The van der Waals surface area contributed by atoms with Crippen molar-refractivity contribution in [1.82, 2.24) is 9.13 Å². The van der Waals surface area contributed by atoms with Crippen molar-refractivity contribution in [3.05, 3.63) is 111 Å². The van der Waals surface area contributed by atoms with Crippen molar-refractivity contribution < 1.29 is 0 Å². The quantitative estimate of drug-likeness (QED) is 0.462. The summed E-state index contributed by atoms with van der Waals surface area (Å²) in [7, 11) is 0. The Balaban J connectivity index is 1.92. The number of nitrogens with zero attached hydrogens (tertiary/aromatic N) is 2. The molecule has 0 aliphatic heterocycles. The van der Waals surface area contributed by atoms with Crippen molar-refractivity contribution >= 4 is 31.6 Å². The van der Waals surface area contributed by atoms with E-state index in [0.29, 0.717) is 22.4 Å². The van der Waals surface area contributed by atoms with Crippen molar-refractivity contribution in [1.29, 1.82) is 0 Å². The second-order valence-corrected chi connectivity index (χ2v) is 7.66. The molecule has 136 valence electrons. The highest BCUT2D eigenvalue weighted by Crippen LogP contribution is 2.31. The number of aromatic nitrogens is 2. The van der Waals surface area contributed by atoms with Gasteiger partial charge in [0, 0.05) is 10.1 Å². The number of rotatable bonds is 3. The van der Waals surface area contributed by atoms with Gasteiger partial charge in [-0.25, -0.2) is 9.36 Å². The van der Waals surface area contributed by atoms with Gasteiger partial charge in [0.25, 0.3) is 5.56 Å². The third kappa shape index (κ3) is 2.60. The fourth-order valence-electron chi connectivity index (χ4n) is 3.57. The van der Waals surface area contributed by atoms with Crippen LogP contribution in [0.5, 0.6) is 0 Å². The van der Waals surface area contributed by atoms with Gasteiger partial charge < -0.3 is 0 Å². The number of para-hydroxylation sites is 1. The van der Waals surface area contributed by atoms with E-state index in [1.807, 2.05) is 72.8 Å². The topological polar surface area (TPSA) is 44.0 Å². The minimum atomic E-state index is -0.323. The average molecular weight is 384 g/mol. The van der Waals surface area contributed by atoms with E-state index < -0.39 is 0 Å². The lowest BCUT2D eigenvalue weighted by molar-refractivity contribution is 0.718. The number of fused-ring (bicyclic) bond motifs is 3. The summed E-state index contributed by atoms with van der Waals surface area (Å²) in [6.45, 7) is 0.407. The van der Waals surface area contributed by atoms with Crippen molar-refractivity contribution in [2.75, 3.05) is 0 Å². The van der Waals surface area contributed by atoms with Gasteiger partial charge in [0.1, 0.15) is 4.70 Å². The first-order chi connectivity index (χ1) is 13.7.